The van der Waals surface area contributed by atoms with Crippen LogP contribution in [0.15, 0.2) is 29.5 Å². The lowest BCUT2D eigenvalue weighted by Gasteiger charge is -2.10. The van der Waals surface area contributed by atoms with Gasteiger partial charge in [-0.25, -0.2) is 9.66 Å². The van der Waals surface area contributed by atoms with Gasteiger partial charge in [-0.1, -0.05) is 6.07 Å². The van der Waals surface area contributed by atoms with Crippen LogP contribution in [-0.4, -0.2) is 29.6 Å². The van der Waals surface area contributed by atoms with Gasteiger partial charge in [0.15, 0.2) is 18.1 Å². The van der Waals surface area contributed by atoms with Crippen LogP contribution in [-0.2, 0) is 0 Å². The van der Waals surface area contributed by atoms with Gasteiger partial charge in [0.1, 0.15) is 6.07 Å². The molecule has 0 bridgehead atoms. The standard InChI is InChI=1S/C14H15N5O2/c1-10-9-19(14(16)18-10)17-8-11-4-3-5-12(20-2)13(11)21-7-6-15/h3-5,8-9H,7H2,1-2H3,(H2,16,18). The molecule has 2 aromatic rings. The minimum Gasteiger partial charge on any atom is -0.493 e. The van der Waals surface area contributed by atoms with E-state index >= 15 is 0 Å². The number of rotatable bonds is 5. The molecule has 0 saturated heterocycles. The molecule has 0 saturated carbocycles. The summed E-state index contributed by atoms with van der Waals surface area (Å²) in [5, 5.41) is 12.9. The summed E-state index contributed by atoms with van der Waals surface area (Å²) in [5.74, 6) is 1.29. The van der Waals surface area contributed by atoms with Crippen molar-refractivity contribution in [2.75, 3.05) is 19.5 Å². The van der Waals surface area contributed by atoms with Gasteiger partial charge in [-0.3, -0.25) is 0 Å². The lowest BCUT2D eigenvalue weighted by atomic mass is 10.2. The van der Waals surface area contributed by atoms with Gasteiger partial charge in [0.2, 0.25) is 5.95 Å². The second-order valence-corrected chi connectivity index (χ2v) is 4.16. The van der Waals surface area contributed by atoms with Gasteiger partial charge >= 0.3 is 0 Å². The Kier molecular flexibility index (Phi) is 4.41. The van der Waals surface area contributed by atoms with Crippen LogP contribution in [0.25, 0.3) is 0 Å². The summed E-state index contributed by atoms with van der Waals surface area (Å²) in [7, 11) is 1.53. The van der Waals surface area contributed by atoms with Gasteiger partial charge in [-0.2, -0.15) is 10.4 Å². The third-order valence-corrected chi connectivity index (χ3v) is 2.67. The molecule has 0 aliphatic heterocycles. The fourth-order valence-electron chi connectivity index (χ4n) is 1.77. The topological polar surface area (TPSA) is 98.4 Å². The van der Waals surface area contributed by atoms with Crippen molar-refractivity contribution >= 4 is 12.2 Å². The highest BCUT2D eigenvalue weighted by Gasteiger charge is 2.09. The van der Waals surface area contributed by atoms with Crippen LogP contribution in [0.4, 0.5) is 5.95 Å². The number of hydrogen-bond acceptors (Lipinski definition) is 6. The molecule has 0 fully saturated rings. The number of para-hydroxylation sites is 1. The van der Waals surface area contributed by atoms with Crippen molar-refractivity contribution in [2.45, 2.75) is 6.92 Å². The van der Waals surface area contributed by atoms with E-state index in [1.807, 2.05) is 19.1 Å². The second-order valence-electron chi connectivity index (χ2n) is 4.16. The highest BCUT2D eigenvalue weighted by atomic mass is 16.5. The summed E-state index contributed by atoms with van der Waals surface area (Å²) in [6, 6.07) is 7.28. The van der Waals surface area contributed by atoms with Crippen molar-refractivity contribution in [1.82, 2.24) is 9.66 Å². The second kappa shape index (κ2) is 6.43. The smallest absolute Gasteiger partial charge is 0.221 e. The number of ether oxygens (including phenoxy) is 2. The van der Waals surface area contributed by atoms with Gasteiger partial charge in [0, 0.05) is 5.56 Å². The van der Waals surface area contributed by atoms with Crippen LogP contribution in [0.2, 0.25) is 0 Å². The number of imidazole rings is 1. The molecule has 0 amide bonds. The average Bonchev–Trinajstić information content (AvgIpc) is 2.80. The van der Waals surface area contributed by atoms with E-state index in [-0.39, 0.29) is 6.61 Å². The Balaban J connectivity index is 2.35. The first-order valence-electron chi connectivity index (χ1n) is 6.18. The monoisotopic (exact) mass is 285 g/mol. The van der Waals surface area contributed by atoms with E-state index in [2.05, 4.69) is 10.1 Å². The molecule has 0 spiro atoms. The number of nitriles is 1. The molecule has 1 aromatic carbocycles. The first-order valence-corrected chi connectivity index (χ1v) is 6.18. The van der Waals surface area contributed by atoms with Crippen molar-refractivity contribution in [2.24, 2.45) is 5.10 Å². The molecule has 108 valence electrons. The van der Waals surface area contributed by atoms with Gasteiger partial charge in [-0.05, 0) is 19.1 Å². The normalized spacial score (nSPS) is 10.5. The molecule has 0 aliphatic carbocycles. The maximum Gasteiger partial charge on any atom is 0.221 e. The number of nitrogens with two attached hydrogens (primary N) is 1. The van der Waals surface area contributed by atoms with Crippen LogP contribution in [0.1, 0.15) is 11.3 Å². The van der Waals surface area contributed by atoms with Gasteiger partial charge in [-0.15, -0.1) is 0 Å². The van der Waals surface area contributed by atoms with E-state index in [0.717, 1.165) is 5.69 Å². The molecule has 2 N–H and O–H groups in total. The van der Waals surface area contributed by atoms with Crippen LogP contribution >= 0.6 is 0 Å². The number of aryl methyl sites for hydroxylation is 1. The molecule has 7 nitrogen and oxygen atoms in total. The summed E-state index contributed by atoms with van der Waals surface area (Å²) in [6.45, 7) is 1.75. The van der Waals surface area contributed by atoms with E-state index in [1.165, 1.54) is 11.8 Å². The van der Waals surface area contributed by atoms with Crippen molar-refractivity contribution in [3.05, 3.63) is 35.7 Å². The Morgan fingerprint density at radius 1 is 1.52 bits per heavy atom. The first-order chi connectivity index (χ1) is 10.2. The summed E-state index contributed by atoms with van der Waals surface area (Å²) >= 11 is 0. The maximum atomic E-state index is 8.65. The zero-order chi connectivity index (χ0) is 15.2. The van der Waals surface area contributed by atoms with E-state index < -0.39 is 0 Å². The lowest BCUT2D eigenvalue weighted by molar-refractivity contribution is 0.329. The highest BCUT2D eigenvalue weighted by Crippen LogP contribution is 2.30. The van der Waals surface area contributed by atoms with Gasteiger partial charge < -0.3 is 15.2 Å². The number of aromatic nitrogens is 2. The summed E-state index contributed by atoms with van der Waals surface area (Å²) in [5.41, 5.74) is 7.17. The molecule has 0 radical (unpaired) electrons. The summed E-state index contributed by atoms with van der Waals surface area (Å²) < 4.78 is 12.1. The zero-order valence-electron chi connectivity index (χ0n) is 11.8. The van der Waals surface area contributed by atoms with Crippen molar-refractivity contribution < 1.29 is 9.47 Å². The number of nitrogen functional groups attached to an aromatic ring is 1. The Morgan fingerprint density at radius 2 is 2.33 bits per heavy atom. The molecule has 7 heteroatoms. The predicted octanol–water partition coefficient (Wildman–Crippen LogP) is 1.57. The number of anilines is 1. The quantitative estimate of drug-likeness (QED) is 0.841. The van der Waals surface area contributed by atoms with Gasteiger partial charge in [0.05, 0.1) is 25.2 Å². The fourth-order valence-corrected chi connectivity index (χ4v) is 1.77. The minimum absolute atomic E-state index is 0.0759. The third kappa shape index (κ3) is 3.30. The number of methoxy groups -OCH3 is 1. The number of nitrogens with zero attached hydrogens (tertiary/aromatic N) is 4. The van der Waals surface area contributed by atoms with E-state index in [4.69, 9.17) is 20.5 Å². The van der Waals surface area contributed by atoms with E-state index in [0.29, 0.717) is 23.0 Å². The molecule has 0 unspecified atom stereocenters. The predicted molar refractivity (Wildman–Crippen MR) is 78.5 cm³/mol. The van der Waals surface area contributed by atoms with Crippen LogP contribution < -0.4 is 15.2 Å². The van der Waals surface area contributed by atoms with Crippen molar-refractivity contribution in [3.8, 4) is 17.6 Å². The van der Waals surface area contributed by atoms with Crippen molar-refractivity contribution in [1.29, 1.82) is 5.26 Å². The van der Waals surface area contributed by atoms with Gasteiger partial charge in [0.25, 0.3) is 0 Å². The Bertz CT molecular complexity index is 700. The molecule has 21 heavy (non-hydrogen) atoms. The molecule has 0 aliphatic rings. The Morgan fingerprint density at radius 3 is 2.95 bits per heavy atom. The fraction of sp³-hybridized carbons (Fsp3) is 0.214. The Hall–Kier alpha value is -3.01. The largest absolute Gasteiger partial charge is 0.493 e. The molecular formula is C14H15N5O2. The molecule has 2 rings (SSSR count). The molecule has 0 atom stereocenters. The maximum absolute atomic E-state index is 8.65. The van der Waals surface area contributed by atoms with Crippen LogP contribution in [0, 0.1) is 18.3 Å². The van der Waals surface area contributed by atoms with Crippen LogP contribution in [0.5, 0.6) is 11.5 Å². The Labute approximate surface area is 122 Å². The van der Waals surface area contributed by atoms with Crippen molar-refractivity contribution in [3.63, 3.8) is 0 Å². The first kappa shape index (κ1) is 14.4. The lowest BCUT2D eigenvalue weighted by Crippen LogP contribution is -2.01. The molecule has 1 heterocycles. The SMILES string of the molecule is COc1cccc(C=Nn2cc(C)nc2N)c1OCC#N. The zero-order valence-corrected chi connectivity index (χ0v) is 11.8. The van der Waals surface area contributed by atoms with E-state index in [9.17, 15) is 0 Å². The summed E-state index contributed by atoms with van der Waals surface area (Å²) in [4.78, 5) is 4.06. The molecular weight excluding hydrogens is 270 g/mol. The number of benzene rings is 1. The third-order valence-electron chi connectivity index (χ3n) is 2.67. The van der Waals surface area contributed by atoms with Crippen LogP contribution in [0.3, 0.4) is 0 Å². The number of hydrogen-bond donors (Lipinski definition) is 1. The van der Waals surface area contributed by atoms with E-state index in [1.54, 1.807) is 24.5 Å². The minimum atomic E-state index is -0.0759. The summed E-state index contributed by atoms with van der Waals surface area (Å²) in [6.07, 6.45) is 3.29. The average molecular weight is 285 g/mol. The highest BCUT2D eigenvalue weighted by molar-refractivity contribution is 5.85. The molecule has 1 aromatic heterocycles.